The molecule has 1 aromatic heterocycles. The van der Waals surface area contributed by atoms with E-state index < -0.39 is 0 Å². The zero-order valence-corrected chi connectivity index (χ0v) is 9.91. The molecule has 0 saturated heterocycles. The number of aromatic nitrogens is 1. The van der Waals surface area contributed by atoms with Crippen LogP contribution in [0.25, 0.3) is 0 Å². The molecule has 0 bridgehead atoms. The number of nitrogens with zero attached hydrogens (tertiary/aromatic N) is 2. The predicted octanol–water partition coefficient (Wildman–Crippen LogP) is 2.58. The lowest BCUT2D eigenvalue weighted by atomic mass is 10.2. The van der Waals surface area contributed by atoms with Gasteiger partial charge in [0.15, 0.2) is 0 Å². The van der Waals surface area contributed by atoms with Crippen molar-refractivity contribution < 1.29 is 4.79 Å². The lowest BCUT2D eigenvalue weighted by molar-refractivity contribution is 0.102. The minimum Gasteiger partial charge on any atom is -0.319 e. The standard InChI is InChI=1S/C12H9N3OS/c1-8-6-11(15-17-8)12(16)14-10-5-3-2-4-9(10)7-13/h2-6H,1H3,(H,14,16). The lowest BCUT2D eigenvalue weighted by Gasteiger charge is -2.04. The van der Waals surface area contributed by atoms with Crippen molar-refractivity contribution >= 4 is 23.1 Å². The molecule has 5 heteroatoms. The molecular weight excluding hydrogens is 234 g/mol. The van der Waals surface area contributed by atoms with Crippen LogP contribution >= 0.6 is 11.5 Å². The fraction of sp³-hybridized carbons (Fsp3) is 0.0833. The van der Waals surface area contributed by atoms with Crippen LogP contribution in [-0.4, -0.2) is 10.3 Å². The van der Waals surface area contributed by atoms with E-state index in [1.165, 1.54) is 11.5 Å². The Kier molecular flexibility index (Phi) is 3.17. The zero-order chi connectivity index (χ0) is 12.3. The van der Waals surface area contributed by atoms with Gasteiger partial charge in [-0.3, -0.25) is 4.79 Å². The summed E-state index contributed by atoms with van der Waals surface area (Å²) in [5, 5.41) is 11.6. The van der Waals surface area contributed by atoms with E-state index in [1.54, 1.807) is 30.3 Å². The van der Waals surface area contributed by atoms with Gasteiger partial charge in [0.05, 0.1) is 11.3 Å². The Bertz CT molecular complexity index is 598. The summed E-state index contributed by atoms with van der Waals surface area (Å²) in [5.41, 5.74) is 1.32. The Balaban J connectivity index is 2.22. The molecular formula is C12H9N3OS. The van der Waals surface area contributed by atoms with Crippen LogP contribution in [0.15, 0.2) is 30.3 Å². The molecule has 0 spiro atoms. The van der Waals surface area contributed by atoms with Crippen LogP contribution in [0, 0.1) is 18.3 Å². The van der Waals surface area contributed by atoms with E-state index >= 15 is 0 Å². The lowest BCUT2D eigenvalue weighted by Crippen LogP contribution is -2.12. The molecule has 1 amide bonds. The van der Waals surface area contributed by atoms with Crippen LogP contribution in [0.4, 0.5) is 5.69 Å². The first-order valence-electron chi connectivity index (χ1n) is 4.94. The largest absolute Gasteiger partial charge is 0.319 e. The molecule has 1 N–H and O–H groups in total. The van der Waals surface area contributed by atoms with Crippen molar-refractivity contribution in [2.75, 3.05) is 5.32 Å². The zero-order valence-electron chi connectivity index (χ0n) is 9.10. The Labute approximate surface area is 103 Å². The number of rotatable bonds is 2. The number of benzene rings is 1. The topological polar surface area (TPSA) is 65.8 Å². The van der Waals surface area contributed by atoms with Crippen LogP contribution < -0.4 is 5.32 Å². The summed E-state index contributed by atoms with van der Waals surface area (Å²) in [6.45, 7) is 1.89. The van der Waals surface area contributed by atoms with E-state index in [-0.39, 0.29) is 5.91 Å². The van der Waals surface area contributed by atoms with Gasteiger partial charge in [-0.2, -0.15) is 9.64 Å². The maximum atomic E-state index is 11.8. The van der Waals surface area contributed by atoms with Gasteiger partial charge in [0.1, 0.15) is 11.8 Å². The molecule has 84 valence electrons. The third kappa shape index (κ3) is 2.49. The molecule has 0 fully saturated rings. The third-order valence-corrected chi connectivity index (χ3v) is 2.85. The monoisotopic (exact) mass is 243 g/mol. The summed E-state index contributed by atoms with van der Waals surface area (Å²) < 4.78 is 4.01. The average Bonchev–Trinajstić information content (AvgIpc) is 2.77. The Morgan fingerprint density at radius 1 is 1.47 bits per heavy atom. The number of hydrogen-bond acceptors (Lipinski definition) is 4. The Morgan fingerprint density at radius 2 is 2.24 bits per heavy atom. The molecule has 0 atom stereocenters. The van der Waals surface area contributed by atoms with Crippen molar-refractivity contribution in [2.24, 2.45) is 0 Å². The van der Waals surface area contributed by atoms with Gasteiger partial charge >= 0.3 is 0 Å². The second-order valence-corrected chi connectivity index (χ2v) is 4.44. The van der Waals surface area contributed by atoms with Crippen molar-refractivity contribution in [2.45, 2.75) is 6.92 Å². The number of nitriles is 1. The number of aryl methyl sites for hydroxylation is 1. The average molecular weight is 243 g/mol. The van der Waals surface area contributed by atoms with Gasteiger partial charge in [0.25, 0.3) is 5.91 Å². The molecule has 0 aliphatic rings. The summed E-state index contributed by atoms with van der Waals surface area (Å²) >= 11 is 1.28. The second-order valence-electron chi connectivity index (χ2n) is 3.43. The first-order chi connectivity index (χ1) is 8.20. The molecule has 1 aromatic carbocycles. The quantitative estimate of drug-likeness (QED) is 0.881. The number of anilines is 1. The van der Waals surface area contributed by atoms with Crippen molar-refractivity contribution in [3.63, 3.8) is 0 Å². The number of hydrogen-bond donors (Lipinski definition) is 1. The predicted molar refractivity (Wildman–Crippen MR) is 66.0 cm³/mol. The van der Waals surface area contributed by atoms with E-state index in [9.17, 15) is 4.79 Å². The Hall–Kier alpha value is -2.19. The van der Waals surface area contributed by atoms with Crippen LogP contribution in [0.5, 0.6) is 0 Å². The van der Waals surface area contributed by atoms with Crippen molar-refractivity contribution in [3.05, 3.63) is 46.5 Å². The van der Waals surface area contributed by atoms with E-state index in [0.717, 1.165) is 4.88 Å². The molecule has 2 rings (SSSR count). The number of nitrogens with one attached hydrogen (secondary N) is 1. The summed E-state index contributed by atoms with van der Waals surface area (Å²) in [6.07, 6.45) is 0. The molecule has 17 heavy (non-hydrogen) atoms. The van der Waals surface area contributed by atoms with Gasteiger partial charge in [-0.25, -0.2) is 0 Å². The molecule has 1 heterocycles. The van der Waals surface area contributed by atoms with Crippen LogP contribution in [0.1, 0.15) is 20.9 Å². The molecule has 0 aliphatic carbocycles. The molecule has 2 aromatic rings. The van der Waals surface area contributed by atoms with Gasteiger partial charge in [-0.15, -0.1) is 0 Å². The highest BCUT2D eigenvalue weighted by Crippen LogP contribution is 2.15. The van der Waals surface area contributed by atoms with Crippen molar-refractivity contribution in [3.8, 4) is 6.07 Å². The van der Waals surface area contributed by atoms with Gasteiger partial charge < -0.3 is 5.32 Å². The summed E-state index contributed by atoms with van der Waals surface area (Å²) in [6, 6.07) is 10.6. The van der Waals surface area contributed by atoms with Crippen molar-refractivity contribution in [1.29, 1.82) is 5.26 Å². The summed E-state index contributed by atoms with van der Waals surface area (Å²) in [5.74, 6) is -0.294. The number of carbonyl (C=O) groups excluding carboxylic acids is 1. The minimum absolute atomic E-state index is 0.294. The van der Waals surface area contributed by atoms with E-state index in [0.29, 0.717) is 16.9 Å². The molecule has 0 aliphatic heterocycles. The maximum Gasteiger partial charge on any atom is 0.275 e. The van der Waals surface area contributed by atoms with Crippen LogP contribution in [0.2, 0.25) is 0 Å². The van der Waals surface area contributed by atoms with Crippen LogP contribution in [-0.2, 0) is 0 Å². The number of para-hydroxylation sites is 1. The number of carbonyl (C=O) groups is 1. The maximum absolute atomic E-state index is 11.8. The minimum atomic E-state index is -0.294. The molecule has 0 unspecified atom stereocenters. The van der Waals surface area contributed by atoms with Gasteiger partial charge in [0, 0.05) is 4.88 Å². The highest BCUT2D eigenvalue weighted by Gasteiger charge is 2.11. The van der Waals surface area contributed by atoms with Gasteiger partial charge in [-0.05, 0) is 36.7 Å². The van der Waals surface area contributed by atoms with Gasteiger partial charge in [-0.1, -0.05) is 12.1 Å². The van der Waals surface area contributed by atoms with E-state index in [2.05, 4.69) is 9.69 Å². The summed E-state index contributed by atoms with van der Waals surface area (Å²) in [7, 11) is 0. The number of amides is 1. The summed E-state index contributed by atoms with van der Waals surface area (Å²) in [4.78, 5) is 12.8. The SMILES string of the molecule is Cc1cc(C(=O)Nc2ccccc2C#N)ns1. The third-order valence-electron chi connectivity index (χ3n) is 2.16. The molecule has 0 radical (unpaired) electrons. The highest BCUT2D eigenvalue weighted by atomic mass is 32.1. The first-order valence-corrected chi connectivity index (χ1v) is 5.72. The van der Waals surface area contributed by atoms with E-state index in [1.807, 2.05) is 13.0 Å². The molecule has 0 saturated carbocycles. The van der Waals surface area contributed by atoms with E-state index in [4.69, 9.17) is 5.26 Å². The fourth-order valence-electron chi connectivity index (χ4n) is 1.35. The first kappa shape index (κ1) is 11.3. The second kappa shape index (κ2) is 4.76. The highest BCUT2D eigenvalue weighted by molar-refractivity contribution is 7.05. The van der Waals surface area contributed by atoms with Crippen molar-refractivity contribution in [1.82, 2.24) is 4.37 Å². The van der Waals surface area contributed by atoms with Crippen LogP contribution in [0.3, 0.4) is 0 Å². The van der Waals surface area contributed by atoms with Gasteiger partial charge in [0.2, 0.25) is 0 Å². The smallest absolute Gasteiger partial charge is 0.275 e. The normalized spacial score (nSPS) is 9.65. The fourth-order valence-corrected chi connectivity index (χ4v) is 1.89. The Morgan fingerprint density at radius 3 is 2.88 bits per heavy atom. The molecule has 4 nitrogen and oxygen atoms in total.